The monoisotopic (exact) mass is 251 g/mol. The molecule has 4 N–H and O–H groups in total. The molecular formula is C8H9N7OS. The van der Waals surface area contributed by atoms with E-state index in [4.69, 9.17) is 10.9 Å². The fraction of sp³-hybridized carbons (Fsp3) is 0.125. The first kappa shape index (κ1) is 11.3. The summed E-state index contributed by atoms with van der Waals surface area (Å²) in [6, 6.07) is 0. The van der Waals surface area contributed by atoms with Crippen LogP contribution in [0.2, 0.25) is 0 Å². The summed E-state index contributed by atoms with van der Waals surface area (Å²) in [7, 11) is 0. The largest absolute Gasteiger partial charge is 0.409 e. The maximum atomic E-state index is 8.63. The average Bonchev–Trinajstić information content (AvgIpc) is 2.74. The summed E-state index contributed by atoms with van der Waals surface area (Å²) in [5.41, 5.74) is 5.78. The molecule has 8 nitrogen and oxygen atoms in total. The summed E-state index contributed by atoms with van der Waals surface area (Å²) in [4.78, 5) is 12.2. The predicted octanol–water partition coefficient (Wildman–Crippen LogP) is 0.149. The standard InChI is InChI=1S/C8H9N7OS/c1-4-12-8(14-13-4)17-7-5(6(9)15-16)10-2-3-11-7/h2-3,16H,1H3,(H2,9,15)(H,12,13,14). The predicted molar refractivity (Wildman–Crippen MR) is 59.8 cm³/mol. The Morgan fingerprint density at radius 3 is 2.88 bits per heavy atom. The highest BCUT2D eigenvalue weighted by Gasteiger charge is 2.13. The van der Waals surface area contributed by atoms with Crippen molar-refractivity contribution >= 4 is 17.6 Å². The highest BCUT2D eigenvalue weighted by atomic mass is 32.2. The molecule has 0 amide bonds. The molecule has 2 heterocycles. The third-order valence-corrected chi connectivity index (χ3v) is 2.64. The molecule has 0 aliphatic rings. The normalized spacial score (nSPS) is 11.7. The average molecular weight is 251 g/mol. The minimum absolute atomic E-state index is 0.104. The molecule has 9 heteroatoms. The Kier molecular flexibility index (Phi) is 3.19. The quantitative estimate of drug-likeness (QED) is 0.306. The number of hydrogen-bond donors (Lipinski definition) is 3. The Morgan fingerprint density at radius 2 is 2.24 bits per heavy atom. The molecule has 0 spiro atoms. The molecule has 0 bridgehead atoms. The SMILES string of the molecule is Cc1nc(Sc2nccnc2C(N)=NO)n[nH]1. The first-order chi connectivity index (χ1) is 8.20. The van der Waals surface area contributed by atoms with Gasteiger partial charge < -0.3 is 10.9 Å². The topological polar surface area (TPSA) is 126 Å². The number of nitrogens with two attached hydrogens (primary N) is 1. The molecule has 17 heavy (non-hydrogen) atoms. The molecule has 2 aromatic heterocycles. The Hall–Kier alpha value is -2.16. The molecule has 0 saturated heterocycles. The van der Waals surface area contributed by atoms with E-state index in [1.807, 2.05) is 0 Å². The minimum Gasteiger partial charge on any atom is -0.409 e. The number of hydrogen-bond acceptors (Lipinski definition) is 7. The van der Waals surface area contributed by atoms with Crippen LogP contribution in [0.15, 0.2) is 27.7 Å². The number of aromatic amines is 1. The van der Waals surface area contributed by atoms with E-state index in [0.29, 0.717) is 21.7 Å². The highest BCUT2D eigenvalue weighted by Crippen LogP contribution is 2.24. The van der Waals surface area contributed by atoms with E-state index >= 15 is 0 Å². The third-order valence-electron chi connectivity index (χ3n) is 1.78. The van der Waals surface area contributed by atoms with E-state index in [1.165, 1.54) is 24.2 Å². The summed E-state index contributed by atoms with van der Waals surface area (Å²) in [6.07, 6.45) is 2.97. The van der Waals surface area contributed by atoms with Crippen LogP contribution in [0, 0.1) is 6.92 Å². The number of nitrogens with zero attached hydrogens (tertiary/aromatic N) is 5. The van der Waals surface area contributed by atoms with Crippen molar-refractivity contribution in [2.24, 2.45) is 10.9 Å². The first-order valence-corrected chi connectivity index (χ1v) is 5.38. The number of nitrogens with one attached hydrogen (secondary N) is 1. The van der Waals surface area contributed by atoms with Gasteiger partial charge in [0.05, 0.1) is 0 Å². The van der Waals surface area contributed by atoms with E-state index in [1.54, 1.807) is 6.92 Å². The van der Waals surface area contributed by atoms with Crippen molar-refractivity contribution in [3.05, 3.63) is 23.9 Å². The number of aryl methyl sites for hydroxylation is 1. The van der Waals surface area contributed by atoms with Gasteiger partial charge in [0, 0.05) is 12.4 Å². The second-order valence-corrected chi connectivity index (χ2v) is 3.96. The number of aromatic nitrogens is 5. The molecule has 0 radical (unpaired) electrons. The van der Waals surface area contributed by atoms with E-state index in [2.05, 4.69) is 30.3 Å². The molecule has 0 aliphatic heterocycles. The van der Waals surface area contributed by atoms with Crippen LogP contribution in [0.4, 0.5) is 0 Å². The second kappa shape index (κ2) is 4.78. The van der Waals surface area contributed by atoms with E-state index < -0.39 is 0 Å². The van der Waals surface area contributed by atoms with Gasteiger partial charge in [0.25, 0.3) is 0 Å². The zero-order valence-corrected chi connectivity index (χ0v) is 9.64. The van der Waals surface area contributed by atoms with Crippen LogP contribution >= 0.6 is 11.8 Å². The maximum absolute atomic E-state index is 8.63. The van der Waals surface area contributed by atoms with E-state index in [0.717, 1.165) is 0 Å². The lowest BCUT2D eigenvalue weighted by atomic mass is 10.4. The Balaban J connectivity index is 2.32. The highest BCUT2D eigenvalue weighted by molar-refractivity contribution is 7.99. The second-order valence-electron chi connectivity index (χ2n) is 3.00. The van der Waals surface area contributed by atoms with Crippen molar-refractivity contribution in [3.63, 3.8) is 0 Å². The van der Waals surface area contributed by atoms with Gasteiger partial charge in [0.1, 0.15) is 16.5 Å². The van der Waals surface area contributed by atoms with Crippen LogP contribution in [0.3, 0.4) is 0 Å². The van der Waals surface area contributed by atoms with Gasteiger partial charge in [-0.05, 0) is 18.7 Å². The van der Waals surface area contributed by atoms with Gasteiger partial charge in [-0.1, -0.05) is 5.16 Å². The smallest absolute Gasteiger partial charge is 0.214 e. The molecule has 0 fully saturated rings. The van der Waals surface area contributed by atoms with Crippen molar-refractivity contribution < 1.29 is 5.21 Å². The van der Waals surface area contributed by atoms with Crippen molar-refractivity contribution in [2.75, 3.05) is 0 Å². The molecule has 88 valence electrons. The summed E-state index contributed by atoms with van der Waals surface area (Å²) < 4.78 is 0. The lowest BCUT2D eigenvalue weighted by Crippen LogP contribution is -2.16. The van der Waals surface area contributed by atoms with Gasteiger partial charge in [-0.3, -0.25) is 5.10 Å². The minimum atomic E-state index is -0.104. The van der Waals surface area contributed by atoms with Gasteiger partial charge >= 0.3 is 0 Å². The summed E-state index contributed by atoms with van der Waals surface area (Å²) in [5.74, 6) is 0.592. The van der Waals surface area contributed by atoms with Gasteiger partial charge in [-0.25, -0.2) is 15.0 Å². The van der Waals surface area contributed by atoms with Gasteiger partial charge in [0.2, 0.25) is 5.16 Å². The molecule has 2 aromatic rings. The van der Waals surface area contributed by atoms with E-state index in [-0.39, 0.29) is 5.84 Å². The zero-order chi connectivity index (χ0) is 12.3. The van der Waals surface area contributed by atoms with Crippen LogP contribution in [0.25, 0.3) is 0 Å². The summed E-state index contributed by atoms with van der Waals surface area (Å²) in [6.45, 7) is 1.79. The van der Waals surface area contributed by atoms with Crippen LogP contribution in [0.5, 0.6) is 0 Å². The fourth-order valence-corrected chi connectivity index (χ4v) is 1.89. The molecule has 0 unspecified atom stereocenters. The third kappa shape index (κ3) is 2.50. The number of oxime groups is 1. The lowest BCUT2D eigenvalue weighted by molar-refractivity contribution is 0.318. The van der Waals surface area contributed by atoms with Gasteiger partial charge in [0.15, 0.2) is 5.84 Å². The molecule has 2 rings (SSSR count). The summed E-state index contributed by atoms with van der Waals surface area (Å²) >= 11 is 1.18. The Bertz CT molecular complexity index is 552. The molecule has 0 aliphatic carbocycles. The van der Waals surface area contributed by atoms with Crippen molar-refractivity contribution in [1.29, 1.82) is 0 Å². The van der Waals surface area contributed by atoms with Crippen LogP contribution in [-0.4, -0.2) is 36.2 Å². The zero-order valence-electron chi connectivity index (χ0n) is 8.82. The van der Waals surface area contributed by atoms with Crippen molar-refractivity contribution in [3.8, 4) is 0 Å². The Morgan fingerprint density at radius 1 is 1.47 bits per heavy atom. The molecule has 0 saturated carbocycles. The Labute approximate surface area is 100 Å². The maximum Gasteiger partial charge on any atom is 0.214 e. The first-order valence-electron chi connectivity index (χ1n) is 4.56. The fourth-order valence-electron chi connectivity index (χ4n) is 1.08. The van der Waals surface area contributed by atoms with Crippen LogP contribution in [-0.2, 0) is 0 Å². The number of rotatable bonds is 3. The van der Waals surface area contributed by atoms with Crippen LogP contribution < -0.4 is 5.73 Å². The van der Waals surface area contributed by atoms with Crippen LogP contribution in [0.1, 0.15) is 11.5 Å². The summed E-state index contributed by atoms with van der Waals surface area (Å²) in [5, 5.41) is 19.2. The lowest BCUT2D eigenvalue weighted by Gasteiger charge is -2.02. The van der Waals surface area contributed by atoms with Gasteiger partial charge in [-0.15, -0.1) is 5.10 Å². The van der Waals surface area contributed by atoms with Crippen molar-refractivity contribution in [1.82, 2.24) is 25.1 Å². The molecule has 0 atom stereocenters. The number of H-pyrrole nitrogens is 1. The number of amidine groups is 1. The van der Waals surface area contributed by atoms with E-state index in [9.17, 15) is 0 Å². The molecular weight excluding hydrogens is 242 g/mol. The molecule has 0 aromatic carbocycles. The van der Waals surface area contributed by atoms with Crippen molar-refractivity contribution in [2.45, 2.75) is 17.1 Å². The van der Waals surface area contributed by atoms with Gasteiger partial charge in [-0.2, -0.15) is 0 Å².